The highest BCUT2D eigenvalue weighted by atomic mass is 19.4. The average molecular weight is 745 g/mol. The number of methoxy groups -OCH3 is 1. The molecule has 1 saturated heterocycles. The van der Waals surface area contributed by atoms with Crippen LogP contribution in [0.5, 0.6) is 5.75 Å². The second-order valence-electron chi connectivity index (χ2n) is 12.7. The summed E-state index contributed by atoms with van der Waals surface area (Å²) in [6, 6.07) is 7.74. The second-order valence-corrected chi connectivity index (χ2v) is 12.7. The van der Waals surface area contributed by atoms with Gasteiger partial charge in [0.2, 0.25) is 0 Å². The number of allylic oxidation sites excluding steroid dienone is 3. The molecule has 1 amide bonds. The number of aromatic nitrogens is 1. The second kappa shape index (κ2) is 12.5. The molecule has 2 atom stereocenters. The van der Waals surface area contributed by atoms with Crippen molar-refractivity contribution in [2.45, 2.75) is 62.9 Å². The number of carbonyl (C=O) groups excluding carboxylic acids is 1. The van der Waals surface area contributed by atoms with Gasteiger partial charge >= 0.3 is 30.6 Å². The molecule has 2 unspecified atom stereocenters. The molecule has 52 heavy (non-hydrogen) atoms. The Balaban J connectivity index is 1.43. The summed E-state index contributed by atoms with van der Waals surface area (Å²) in [6.45, 7) is 0.800. The lowest BCUT2D eigenvalue weighted by Crippen LogP contribution is -2.42. The average Bonchev–Trinajstić information content (AvgIpc) is 3.80. The van der Waals surface area contributed by atoms with Crippen LogP contribution in [-0.4, -0.2) is 58.2 Å². The molecule has 2 heterocycles. The van der Waals surface area contributed by atoms with Crippen LogP contribution in [0.4, 0.5) is 48.7 Å². The van der Waals surface area contributed by atoms with Crippen LogP contribution in [0.15, 0.2) is 65.8 Å². The highest BCUT2D eigenvalue weighted by molar-refractivity contribution is 5.89. The van der Waals surface area contributed by atoms with E-state index < -0.39 is 89.5 Å². The largest absolute Gasteiger partial charge is 0.496 e. The number of cyclic esters (lactones) is 1. The predicted molar refractivity (Wildman–Crippen MR) is 162 cm³/mol. The van der Waals surface area contributed by atoms with Gasteiger partial charge in [-0.25, -0.2) is 19.0 Å². The number of hydrogen-bond donors (Lipinski definition) is 1. The molecule has 0 bridgehead atoms. The van der Waals surface area contributed by atoms with Gasteiger partial charge in [-0.05, 0) is 67.7 Å². The van der Waals surface area contributed by atoms with Gasteiger partial charge in [-0.15, -0.1) is 0 Å². The summed E-state index contributed by atoms with van der Waals surface area (Å²) >= 11 is 0. The summed E-state index contributed by atoms with van der Waals surface area (Å²) in [7, 11) is 1.17. The minimum atomic E-state index is -5.16. The number of carbonyl (C=O) groups is 2. The fraction of sp³-hybridized carbons (Fsp3) is 0.343. The van der Waals surface area contributed by atoms with Crippen molar-refractivity contribution < 1.29 is 68.1 Å². The van der Waals surface area contributed by atoms with E-state index in [0.717, 1.165) is 17.0 Å². The summed E-state index contributed by atoms with van der Waals surface area (Å²) in [5.41, 5.74) is -5.96. The number of carboxylic acids is 1. The normalized spacial score (nSPS) is 20.1. The van der Waals surface area contributed by atoms with E-state index >= 15 is 4.39 Å². The maximum absolute atomic E-state index is 15.5. The number of aromatic carboxylic acids is 1. The van der Waals surface area contributed by atoms with Crippen LogP contribution in [0.3, 0.4) is 0 Å². The minimum absolute atomic E-state index is 0.00418. The van der Waals surface area contributed by atoms with Gasteiger partial charge in [0, 0.05) is 34.2 Å². The van der Waals surface area contributed by atoms with E-state index in [4.69, 9.17) is 9.47 Å². The van der Waals surface area contributed by atoms with Gasteiger partial charge in [-0.3, -0.25) is 4.90 Å². The molecular weight excluding hydrogens is 718 g/mol. The summed E-state index contributed by atoms with van der Waals surface area (Å²) in [5, 5.41) is 9.34. The van der Waals surface area contributed by atoms with Gasteiger partial charge in [0.1, 0.15) is 23.4 Å². The van der Waals surface area contributed by atoms with Crippen LogP contribution < -0.4 is 4.74 Å². The highest BCUT2D eigenvalue weighted by Crippen LogP contribution is 2.56. The van der Waals surface area contributed by atoms with E-state index in [1.54, 1.807) is 0 Å². The molecule has 17 heteroatoms. The zero-order valence-electron chi connectivity index (χ0n) is 26.9. The van der Waals surface area contributed by atoms with Crippen molar-refractivity contribution in [1.29, 1.82) is 0 Å². The van der Waals surface area contributed by atoms with Crippen LogP contribution >= 0.6 is 0 Å². The molecular formula is C35H26F10N2O5. The lowest BCUT2D eigenvalue weighted by Gasteiger charge is -2.31. The summed E-state index contributed by atoms with van der Waals surface area (Å²) in [6.07, 6.45) is -18.2. The summed E-state index contributed by atoms with van der Waals surface area (Å²) in [4.78, 5) is 29.5. The number of aryl methyl sites for hydroxylation is 1. The summed E-state index contributed by atoms with van der Waals surface area (Å²) in [5.74, 6) is -3.80. The Bertz CT molecular complexity index is 2030. The van der Waals surface area contributed by atoms with E-state index in [-0.39, 0.29) is 52.5 Å². The number of alkyl halides is 9. The van der Waals surface area contributed by atoms with Gasteiger partial charge < -0.3 is 14.6 Å². The first kappa shape index (κ1) is 36.7. The Hall–Kier alpha value is -5.09. The standard InChI is InChI=1S/C35H26F10N2O5/c1-16-9-17(30(48)49)3-4-21(16)23-13-24(27(51-2)14-25(23)36)22-5-6-28(35(43,44)45)46-26(22)15-47-31(50)52-29(32(47)7-8-32)18-10-19(33(37,38)39)12-20(11-18)34(40,41)42/h3-6,9-10,12-14,18,29H,7-8,11,15H2,1-2H3,(H,48,49). The Morgan fingerprint density at radius 1 is 0.942 bits per heavy atom. The highest BCUT2D eigenvalue weighted by Gasteiger charge is 2.65. The Labute approximate surface area is 288 Å². The van der Waals surface area contributed by atoms with E-state index in [1.807, 2.05) is 0 Å². The molecule has 276 valence electrons. The topological polar surface area (TPSA) is 89.0 Å². The van der Waals surface area contributed by atoms with Crippen molar-refractivity contribution in [3.63, 3.8) is 0 Å². The van der Waals surface area contributed by atoms with Crippen molar-refractivity contribution in [1.82, 2.24) is 9.88 Å². The third-order valence-electron chi connectivity index (χ3n) is 9.45. The van der Waals surface area contributed by atoms with E-state index in [2.05, 4.69) is 4.98 Å². The van der Waals surface area contributed by atoms with Crippen LogP contribution in [0.2, 0.25) is 0 Å². The molecule has 1 aliphatic heterocycles. The van der Waals surface area contributed by atoms with Crippen LogP contribution in [0, 0.1) is 18.7 Å². The van der Waals surface area contributed by atoms with Gasteiger partial charge in [0.25, 0.3) is 0 Å². The van der Waals surface area contributed by atoms with Crippen molar-refractivity contribution in [2.75, 3.05) is 7.11 Å². The number of ether oxygens (including phenoxy) is 2. The maximum Gasteiger partial charge on any atom is 0.433 e. The van der Waals surface area contributed by atoms with Gasteiger partial charge in [-0.1, -0.05) is 18.2 Å². The van der Waals surface area contributed by atoms with Gasteiger partial charge in [-0.2, -0.15) is 39.5 Å². The number of halogens is 10. The smallest absolute Gasteiger partial charge is 0.433 e. The molecule has 2 aliphatic carbocycles. The number of nitrogens with zero attached hydrogens (tertiary/aromatic N) is 2. The Morgan fingerprint density at radius 2 is 1.62 bits per heavy atom. The first-order valence-electron chi connectivity index (χ1n) is 15.5. The number of amides is 1. The van der Waals surface area contributed by atoms with Crippen molar-refractivity contribution in [2.24, 2.45) is 5.92 Å². The van der Waals surface area contributed by atoms with Crippen LogP contribution in [0.25, 0.3) is 22.3 Å². The monoisotopic (exact) mass is 744 g/mol. The fourth-order valence-electron chi connectivity index (χ4n) is 6.83. The maximum atomic E-state index is 15.5. The number of hydrogen-bond acceptors (Lipinski definition) is 5. The molecule has 2 aromatic carbocycles. The van der Waals surface area contributed by atoms with Crippen LogP contribution in [-0.2, 0) is 17.5 Å². The molecule has 1 spiro atoms. The van der Waals surface area contributed by atoms with E-state index in [0.29, 0.717) is 17.7 Å². The molecule has 0 radical (unpaired) electrons. The number of pyridine rings is 1. The Morgan fingerprint density at radius 3 is 2.17 bits per heavy atom. The fourth-order valence-corrected chi connectivity index (χ4v) is 6.83. The quantitative estimate of drug-likeness (QED) is 0.243. The third kappa shape index (κ3) is 6.67. The zero-order chi connectivity index (χ0) is 38.1. The lowest BCUT2D eigenvalue weighted by molar-refractivity contribution is -0.141. The third-order valence-corrected chi connectivity index (χ3v) is 9.45. The molecule has 7 nitrogen and oxygen atoms in total. The van der Waals surface area contributed by atoms with Gasteiger partial charge in [0.05, 0.1) is 36.0 Å². The summed E-state index contributed by atoms with van der Waals surface area (Å²) < 4.78 is 150. The molecule has 6 rings (SSSR count). The van der Waals surface area contributed by atoms with E-state index in [1.165, 1.54) is 38.3 Å². The molecule has 2 fully saturated rings. The Kier molecular flexibility index (Phi) is 8.85. The van der Waals surface area contributed by atoms with Crippen molar-refractivity contribution in [3.8, 4) is 28.0 Å². The number of rotatable bonds is 7. The lowest BCUT2D eigenvalue weighted by atomic mass is 9.82. The first-order valence-corrected chi connectivity index (χ1v) is 15.5. The molecule has 3 aromatic rings. The molecule has 3 aliphatic rings. The molecule has 1 saturated carbocycles. The number of benzene rings is 2. The van der Waals surface area contributed by atoms with Gasteiger partial charge in [0.15, 0.2) is 0 Å². The molecule has 1 N–H and O–H groups in total. The van der Waals surface area contributed by atoms with Crippen molar-refractivity contribution in [3.05, 3.63) is 94.1 Å². The minimum Gasteiger partial charge on any atom is -0.496 e. The first-order chi connectivity index (χ1) is 24.1. The molecule has 1 aromatic heterocycles. The zero-order valence-corrected chi connectivity index (χ0v) is 26.9. The van der Waals surface area contributed by atoms with Crippen LogP contribution in [0.1, 0.15) is 46.6 Å². The van der Waals surface area contributed by atoms with Crippen molar-refractivity contribution >= 4 is 12.1 Å². The predicted octanol–water partition coefficient (Wildman–Crippen LogP) is 9.44. The van der Waals surface area contributed by atoms with E-state index in [9.17, 15) is 54.2 Å². The number of carboxylic acid groups (broad SMARTS) is 1. The SMILES string of the molecule is COc1cc(F)c(-c2ccc(C(=O)O)cc2C)cc1-c1ccc(C(F)(F)F)nc1CN1C(=O)OC(C2C=C(C(F)(F)F)C=C(C(F)(F)F)C2)C12CC2.